The molecule has 4 amide bonds. The summed E-state index contributed by atoms with van der Waals surface area (Å²) in [6, 6.07) is 4.23. The summed E-state index contributed by atoms with van der Waals surface area (Å²) in [5.41, 5.74) is 4.89. The van der Waals surface area contributed by atoms with Gasteiger partial charge < -0.3 is 26.0 Å². The fraction of sp³-hybridized carbons (Fsp3) is 0.571. The van der Waals surface area contributed by atoms with E-state index in [-0.39, 0.29) is 12.8 Å². The van der Waals surface area contributed by atoms with Gasteiger partial charge in [0, 0.05) is 23.6 Å². The average molecular weight is 515 g/mol. The van der Waals surface area contributed by atoms with Gasteiger partial charge in [-0.3, -0.25) is 14.4 Å². The first kappa shape index (κ1) is 31.5. The molecule has 0 radical (unpaired) electrons. The zero-order valence-corrected chi connectivity index (χ0v) is 23.3. The van der Waals surface area contributed by atoms with Crippen LogP contribution in [0.25, 0.3) is 0 Å². The summed E-state index contributed by atoms with van der Waals surface area (Å²) >= 11 is 0. The fourth-order valence-corrected chi connectivity index (χ4v) is 3.69. The highest BCUT2D eigenvalue weighted by molar-refractivity contribution is 5.93. The molecule has 0 heterocycles. The Morgan fingerprint density at radius 1 is 1.11 bits per heavy atom. The molecule has 37 heavy (non-hydrogen) atoms. The third kappa shape index (κ3) is 10.2. The molecule has 9 nitrogen and oxygen atoms in total. The van der Waals surface area contributed by atoms with Crippen LogP contribution in [0.3, 0.4) is 0 Å². The smallest absolute Gasteiger partial charge is 0.408 e. The van der Waals surface area contributed by atoms with Gasteiger partial charge in [-0.05, 0) is 72.9 Å². The fourth-order valence-electron chi connectivity index (χ4n) is 3.69. The summed E-state index contributed by atoms with van der Waals surface area (Å²) in [5.74, 6) is 1.00. The first-order valence-corrected chi connectivity index (χ1v) is 12.5. The Labute approximate surface area is 220 Å². The van der Waals surface area contributed by atoms with Gasteiger partial charge in [0.25, 0.3) is 0 Å². The van der Waals surface area contributed by atoms with Crippen molar-refractivity contribution in [2.24, 2.45) is 5.73 Å². The first-order chi connectivity index (χ1) is 17.0. The second-order valence-corrected chi connectivity index (χ2v) is 11.1. The van der Waals surface area contributed by atoms with Crippen LogP contribution in [0.5, 0.6) is 0 Å². The lowest BCUT2D eigenvalue weighted by atomic mass is 9.94. The number of terminal acetylenes is 1. The zero-order chi connectivity index (χ0) is 28.6. The maximum Gasteiger partial charge on any atom is 0.408 e. The van der Waals surface area contributed by atoms with E-state index in [0.29, 0.717) is 17.5 Å². The topological polar surface area (TPSA) is 131 Å². The number of nitrogens with two attached hydrogens (primary N) is 1. The van der Waals surface area contributed by atoms with E-state index in [9.17, 15) is 19.2 Å². The summed E-state index contributed by atoms with van der Waals surface area (Å²) in [6.45, 7) is 14.3. The summed E-state index contributed by atoms with van der Waals surface area (Å²) in [5, 5.41) is 5.53. The number of hydrogen-bond acceptors (Lipinski definition) is 5. The monoisotopic (exact) mass is 514 g/mol. The molecule has 1 rings (SSSR count). The lowest BCUT2D eigenvalue weighted by molar-refractivity contribution is -0.146. The number of nitrogens with one attached hydrogen (secondary N) is 2. The van der Waals surface area contributed by atoms with Gasteiger partial charge in [0.1, 0.15) is 17.7 Å². The Hall–Kier alpha value is -3.54. The molecular weight excluding hydrogens is 472 g/mol. The van der Waals surface area contributed by atoms with Crippen molar-refractivity contribution in [3.8, 4) is 12.3 Å². The third-order valence-electron chi connectivity index (χ3n) is 5.42. The molecule has 0 saturated heterocycles. The van der Waals surface area contributed by atoms with Crippen molar-refractivity contribution in [2.45, 2.75) is 104 Å². The molecule has 0 aliphatic carbocycles. The van der Waals surface area contributed by atoms with Crippen molar-refractivity contribution < 1.29 is 23.9 Å². The Kier molecular flexibility index (Phi) is 11.2. The maximum atomic E-state index is 14.1. The molecule has 0 spiro atoms. The number of carbonyl (C=O) groups excluding carboxylic acids is 4. The SMILES string of the molecule is C#Cc1ccccc1C(C(=O)NC(C)(C)C)N(C(=O)C(CCC(N)=O)NC(=O)OC(C)(C)C)C(C)CC. The number of amides is 4. The number of hydrogen-bond donors (Lipinski definition) is 3. The van der Waals surface area contributed by atoms with Crippen molar-refractivity contribution in [3.05, 3.63) is 35.4 Å². The molecule has 0 aliphatic heterocycles. The van der Waals surface area contributed by atoms with Crippen LogP contribution in [0, 0.1) is 12.3 Å². The highest BCUT2D eigenvalue weighted by atomic mass is 16.6. The minimum Gasteiger partial charge on any atom is -0.444 e. The molecule has 0 aromatic heterocycles. The molecule has 0 fully saturated rings. The van der Waals surface area contributed by atoms with Gasteiger partial charge in [0.15, 0.2) is 0 Å². The Balaban J connectivity index is 3.67. The normalized spacial score (nSPS) is 13.9. The van der Waals surface area contributed by atoms with Gasteiger partial charge in [-0.25, -0.2) is 4.79 Å². The van der Waals surface area contributed by atoms with E-state index < -0.39 is 53.1 Å². The number of alkyl carbamates (subject to hydrolysis) is 1. The summed E-state index contributed by atoms with van der Waals surface area (Å²) < 4.78 is 5.34. The molecule has 9 heteroatoms. The van der Waals surface area contributed by atoms with Crippen molar-refractivity contribution >= 4 is 23.8 Å². The van der Waals surface area contributed by atoms with E-state index in [1.165, 1.54) is 4.90 Å². The van der Waals surface area contributed by atoms with Crippen molar-refractivity contribution in [3.63, 3.8) is 0 Å². The minimum absolute atomic E-state index is 0.0647. The highest BCUT2D eigenvalue weighted by Gasteiger charge is 2.40. The van der Waals surface area contributed by atoms with Crippen LogP contribution < -0.4 is 16.4 Å². The van der Waals surface area contributed by atoms with Crippen molar-refractivity contribution in [2.75, 3.05) is 0 Å². The number of carbonyl (C=O) groups is 4. The van der Waals surface area contributed by atoms with E-state index >= 15 is 0 Å². The van der Waals surface area contributed by atoms with Gasteiger partial charge >= 0.3 is 6.09 Å². The third-order valence-corrected chi connectivity index (χ3v) is 5.42. The molecule has 0 bridgehead atoms. The molecule has 1 aromatic carbocycles. The molecular formula is C28H42N4O5. The van der Waals surface area contributed by atoms with Crippen molar-refractivity contribution in [1.29, 1.82) is 0 Å². The predicted molar refractivity (Wildman–Crippen MR) is 143 cm³/mol. The lowest BCUT2D eigenvalue weighted by Crippen LogP contribution is -2.57. The molecule has 3 unspecified atom stereocenters. The van der Waals surface area contributed by atoms with E-state index in [1.54, 1.807) is 45.0 Å². The molecule has 0 saturated carbocycles. The van der Waals surface area contributed by atoms with Crippen molar-refractivity contribution in [1.82, 2.24) is 15.5 Å². The van der Waals surface area contributed by atoms with Gasteiger partial charge in [-0.2, -0.15) is 0 Å². The zero-order valence-electron chi connectivity index (χ0n) is 23.3. The van der Waals surface area contributed by atoms with Crippen LogP contribution >= 0.6 is 0 Å². The summed E-state index contributed by atoms with van der Waals surface area (Å²) in [6.07, 6.45) is 5.23. The van der Waals surface area contributed by atoms with Crippen LogP contribution in [0.4, 0.5) is 4.79 Å². The van der Waals surface area contributed by atoms with Crippen LogP contribution in [0.15, 0.2) is 24.3 Å². The first-order valence-electron chi connectivity index (χ1n) is 12.5. The van der Waals surface area contributed by atoms with E-state index in [0.717, 1.165) is 0 Å². The Bertz CT molecular complexity index is 1020. The van der Waals surface area contributed by atoms with Crippen LogP contribution in [-0.4, -0.2) is 51.9 Å². The molecule has 204 valence electrons. The quantitative estimate of drug-likeness (QED) is 0.412. The number of primary amides is 1. The lowest BCUT2D eigenvalue weighted by Gasteiger charge is -2.39. The van der Waals surface area contributed by atoms with Gasteiger partial charge in [-0.1, -0.05) is 31.0 Å². The largest absolute Gasteiger partial charge is 0.444 e. The number of nitrogens with zero attached hydrogens (tertiary/aromatic N) is 1. The van der Waals surface area contributed by atoms with E-state index in [4.69, 9.17) is 16.9 Å². The van der Waals surface area contributed by atoms with Crippen LogP contribution in [0.1, 0.15) is 91.8 Å². The molecule has 1 aromatic rings. The minimum atomic E-state index is -1.17. The second kappa shape index (κ2) is 13.1. The second-order valence-electron chi connectivity index (χ2n) is 11.1. The molecule has 3 atom stereocenters. The van der Waals surface area contributed by atoms with E-state index in [2.05, 4.69) is 16.6 Å². The van der Waals surface area contributed by atoms with E-state index in [1.807, 2.05) is 34.6 Å². The average Bonchev–Trinajstić information content (AvgIpc) is 2.76. The molecule has 4 N–H and O–H groups in total. The van der Waals surface area contributed by atoms with Gasteiger partial charge in [0.05, 0.1) is 0 Å². The molecule has 0 aliphatic rings. The highest BCUT2D eigenvalue weighted by Crippen LogP contribution is 2.29. The van der Waals surface area contributed by atoms with Gasteiger partial charge in [-0.15, -0.1) is 6.42 Å². The number of benzene rings is 1. The van der Waals surface area contributed by atoms with Gasteiger partial charge in [0.2, 0.25) is 17.7 Å². The van der Waals surface area contributed by atoms with Crippen LogP contribution in [0.2, 0.25) is 0 Å². The summed E-state index contributed by atoms with van der Waals surface area (Å²) in [4.78, 5) is 53.5. The standard InChI is InChI=1S/C28H42N4O5/c1-10-18(3)32(25(35)21(16-17-22(29)33)30-26(36)37-28(7,8)9)23(24(34)31-27(4,5)6)20-15-13-12-14-19(20)11-2/h2,12-15,18,21,23H,10,16-17H2,1,3-9H3,(H2,29,33)(H,30,36)(H,31,34). The van der Waals surface area contributed by atoms with Crippen LogP contribution in [-0.2, 0) is 19.1 Å². The maximum absolute atomic E-state index is 14.1. The number of rotatable bonds is 10. The summed E-state index contributed by atoms with van der Waals surface area (Å²) in [7, 11) is 0. The Morgan fingerprint density at radius 2 is 1.70 bits per heavy atom. The Morgan fingerprint density at radius 3 is 2.19 bits per heavy atom. The predicted octanol–water partition coefficient (Wildman–Crippen LogP) is 3.41. The number of ether oxygens (including phenoxy) is 1.